The SMILES string of the molecule is Nc1cc(-c2ccc(Br)cc2)nn1C1CCOC1. The van der Waals surface area contributed by atoms with Gasteiger partial charge in [-0.15, -0.1) is 0 Å². The monoisotopic (exact) mass is 307 g/mol. The Balaban J connectivity index is 1.94. The summed E-state index contributed by atoms with van der Waals surface area (Å²) < 4.78 is 8.31. The topological polar surface area (TPSA) is 53.1 Å². The summed E-state index contributed by atoms with van der Waals surface area (Å²) in [7, 11) is 0. The Bertz CT molecular complexity index is 544. The minimum Gasteiger partial charge on any atom is -0.384 e. The van der Waals surface area contributed by atoms with Crippen molar-refractivity contribution in [3.63, 3.8) is 0 Å². The van der Waals surface area contributed by atoms with E-state index in [2.05, 4.69) is 21.0 Å². The maximum atomic E-state index is 6.02. The molecule has 1 saturated heterocycles. The fourth-order valence-corrected chi connectivity index (χ4v) is 2.44. The van der Waals surface area contributed by atoms with E-state index in [1.54, 1.807) is 0 Å². The number of nitrogen functional groups attached to an aromatic ring is 1. The summed E-state index contributed by atoms with van der Waals surface area (Å²) in [5.74, 6) is 0.698. The lowest BCUT2D eigenvalue weighted by Gasteiger charge is -2.09. The summed E-state index contributed by atoms with van der Waals surface area (Å²) >= 11 is 3.42. The van der Waals surface area contributed by atoms with Crippen LogP contribution in [0.4, 0.5) is 5.82 Å². The van der Waals surface area contributed by atoms with E-state index in [1.165, 1.54) is 0 Å². The number of hydrogen-bond acceptors (Lipinski definition) is 3. The van der Waals surface area contributed by atoms with E-state index >= 15 is 0 Å². The van der Waals surface area contributed by atoms with Crippen molar-refractivity contribution < 1.29 is 4.74 Å². The predicted molar refractivity (Wildman–Crippen MR) is 74.2 cm³/mol. The second-order valence-corrected chi connectivity index (χ2v) is 5.34. The van der Waals surface area contributed by atoms with E-state index < -0.39 is 0 Å². The number of hydrogen-bond donors (Lipinski definition) is 1. The predicted octanol–water partition coefficient (Wildman–Crippen LogP) is 2.86. The molecule has 5 heteroatoms. The molecule has 0 radical (unpaired) electrons. The second kappa shape index (κ2) is 4.74. The maximum Gasteiger partial charge on any atom is 0.122 e. The summed E-state index contributed by atoms with van der Waals surface area (Å²) in [6, 6.07) is 10.3. The Kier molecular flexibility index (Phi) is 3.09. The van der Waals surface area contributed by atoms with Gasteiger partial charge in [-0.2, -0.15) is 5.10 Å². The van der Waals surface area contributed by atoms with Gasteiger partial charge in [-0.1, -0.05) is 28.1 Å². The lowest BCUT2D eigenvalue weighted by molar-refractivity contribution is 0.185. The molecule has 1 aliphatic heterocycles. The van der Waals surface area contributed by atoms with Gasteiger partial charge in [-0.25, -0.2) is 4.68 Å². The van der Waals surface area contributed by atoms with Crippen molar-refractivity contribution in [1.82, 2.24) is 9.78 Å². The van der Waals surface area contributed by atoms with Gasteiger partial charge in [0.2, 0.25) is 0 Å². The van der Waals surface area contributed by atoms with Crippen LogP contribution in [0.15, 0.2) is 34.8 Å². The normalized spacial score (nSPS) is 19.3. The lowest BCUT2D eigenvalue weighted by atomic mass is 10.2. The van der Waals surface area contributed by atoms with Crippen molar-refractivity contribution in [3.05, 3.63) is 34.8 Å². The molecule has 1 unspecified atom stereocenters. The van der Waals surface area contributed by atoms with Crippen molar-refractivity contribution in [1.29, 1.82) is 0 Å². The van der Waals surface area contributed by atoms with E-state index in [-0.39, 0.29) is 6.04 Å². The fraction of sp³-hybridized carbons (Fsp3) is 0.308. The molecule has 4 nitrogen and oxygen atoms in total. The molecule has 1 aromatic carbocycles. The molecular weight excluding hydrogens is 294 g/mol. The molecule has 3 rings (SSSR count). The van der Waals surface area contributed by atoms with Gasteiger partial charge in [-0.3, -0.25) is 0 Å². The zero-order valence-corrected chi connectivity index (χ0v) is 11.4. The van der Waals surface area contributed by atoms with Crippen LogP contribution in [0.5, 0.6) is 0 Å². The summed E-state index contributed by atoms with van der Waals surface area (Å²) in [6.07, 6.45) is 0.978. The van der Waals surface area contributed by atoms with Gasteiger partial charge in [0.25, 0.3) is 0 Å². The van der Waals surface area contributed by atoms with Crippen LogP contribution in [-0.2, 0) is 4.74 Å². The first-order chi connectivity index (χ1) is 8.74. The minimum atomic E-state index is 0.272. The van der Waals surface area contributed by atoms with Gasteiger partial charge < -0.3 is 10.5 Å². The number of nitrogens with two attached hydrogens (primary N) is 1. The zero-order valence-electron chi connectivity index (χ0n) is 9.84. The molecule has 2 aromatic rings. The zero-order chi connectivity index (χ0) is 12.5. The Hall–Kier alpha value is -1.33. The van der Waals surface area contributed by atoms with Crippen LogP contribution < -0.4 is 5.73 Å². The highest BCUT2D eigenvalue weighted by molar-refractivity contribution is 9.10. The van der Waals surface area contributed by atoms with Crippen molar-refractivity contribution in [3.8, 4) is 11.3 Å². The third kappa shape index (κ3) is 2.15. The van der Waals surface area contributed by atoms with Crippen molar-refractivity contribution >= 4 is 21.7 Å². The molecule has 18 heavy (non-hydrogen) atoms. The smallest absolute Gasteiger partial charge is 0.122 e. The van der Waals surface area contributed by atoms with Crippen LogP contribution in [0.25, 0.3) is 11.3 Å². The summed E-state index contributed by atoms with van der Waals surface area (Å²) in [5.41, 5.74) is 8.01. The van der Waals surface area contributed by atoms with Crippen LogP contribution in [0.3, 0.4) is 0 Å². The van der Waals surface area contributed by atoms with E-state index in [1.807, 2.05) is 35.0 Å². The number of ether oxygens (including phenoxy) is 1. The van der Waals surface area contributed by atoms with Gasteiger partial charge in [0.05, 0.1) is 18.3 Å². The van der Waals surface area contributed by atoms with E-state index in [0.717, 1.165) is 28.8 Å². The molecule has 0 amide bonds. The van der Waals surface area contributed by atoms with Crippen LogP contribution in [0.1, 0.15) is 12.5 Å². The molecule has 0 spiro atoms. The first kappa shape index (κ1) is 11.7. The highest BCUT2D eigenvalue weighted by atomic mass is 79.9. The maximum absolute atomic E-state index is 6.02. The van der Waals surface area contributed by atoms with E-state index in [9.17, 15) is 0 Å². The van der Waals surface area contributed by atoms with Crippen LogP contribution >= 0.6 is 15.9 Å². The number of benzene rings is 1. The van der Waals surface area contributed by atoms with Crippen molar-refractivity contribution in [2.75, 3.05) is 18.9 Å². The van der Waals surface area contributed by atoms with E-state index in [4.69, 9.17) is 10.5 Å². The molecule has 1 aliphatic rings. The minimum absolute atomic E-state index is 0.272. The van der Waals surface area contributed by atoms with Crippen molar-refractivity contribution in [2.45, 2.75) is 12.5 Å². The Labute approximate surface area is 114 Å². The third-order valence-corrected chi connectivity index (χ3v) is 3.68. The lowest BCUT2D eigenvalue weighted by Crippen LogP contribution is -2.12. The number of nitrogens with zero attached hydrogens (tertiary/aromatic N) is 2. The van der Waals surface area contributed by atoms with Crippen LogP contribution in [-0.4, -0.2) is 23.0 Å². The Morgan fingerprint density at radius 1 is 1.33 bits per heavy atom. The quantitative estimate of drug-likeness (QED) is 0.928. The molecule has 1 aromatic heterocycles. The van der Waals surface area contributed by atoms with Gasteiger partial charge in [-0.05, 0) is 18.6 Å². The Morgan fingerprint density at radius 2 is 2.11 bits per heavy atom. The van der Waals surface area contributed by atoms with Gasteiger partial charge in [0, 0.05) is 22.7 Å². The summed E-state index contributed by atoms with van der Waals surface area (Å²) in [6.45, 7) is 1.49. The first-order valence-corrected chi connectivity index (χ1v) is 6.72. The van der Waals surface area contributed by atoms with Crippen LogP contribution in [0, 0.1) is 0 Å². The number of aromatic nitrogens is 2. The van der Waals surface area contributed by atoms with Gasteiger partial charge in [0.1, 0.15) is 5.82 Å². The van der Waals surface area contributed by atoms with Gasteiger partial charge >= 0.3 is 0 Å². The average molecular weight is 308 g/mol. The molecule has 94 valence electrons. The molecule has 0 bridgehead atoms. The molecule has 0 saturated carbocycles. The fourth-order valence-electron chi connectivity index (χ4n) is 2.18. The average Bonchev–Trinajstić information content (AvgIpc) is 2.99. The second-order valence-electron chi connectivity index (χ2n) is 4.42. The van der Waals surface area contributed by atoms with Crippen LogP contribution in [0.2, 0.25) is 0 Å². The highest BCUT2D eigenvalue weighted by Gasteiger charge is 2.21. The number of rotatable bonds is 2. The largest absolute Gasteiger partial charge is 0.384 e. The molecule has 1 atom stereocenters. The molecular formula is C13H14BrN3O. The highest BCUT2D eigenvalue weighted by Crippen LogP contribution is 2.27. The van der Waals surface area contributed by atoms with E-state index in [0.29, 0.717) is 12.4 Å². The molecule has 2 heterocycles. The summed E-state index contributed by atoms with van der Waals surface area (Å²) in [4.78, 5) is 0. The molecule has 2 N–H and O–H groups in total. The Morgan fingerprint density at radius 3 is 2.78 bits per heavy atom. The first-order valence-electron chi connectivity index (χ1n) is 5.93. The van der Waals surface area contributed by atoms with Crippen molar-refractivity contribution in [2.24, 2.45) is 0 Å². The molecule has 0 aliphatic carbocycles. The number of anilines is 1. The van der Waals surface area contributed by atoms with Gasteiger partial charge in [0.15, 0.2) is 0 Å². The molecule has 1 fully saturated rings. The third-order valence-electron chi connectivity index (χ3n) is 3.16. The summed E-state index contributed by atoms with van der Waals surface area (Å²) in [5, 5.41) is 4.59. The standard InChI is InChI=1S/C13H14BrN3O/c14-10-3-1-9(2-4-10)12-7-13(15)17(16-12)11-5-6-18-8-11/h1-4,7,11H,5-6,8,15H2. The number of halogens is 1.